The van der Waals surface area contributed by atoms with Gasteiger partial charge in [0.1, 0.15) is 5.82 Å². The zero-order valence-electron chi connectivity index (χ0n) is 17.5. The predicted octanol–water partition coefficient (Wildman–Crippen LogP) is 3.42. The van der Waals surface area contributed by atoms with Crippen molar-refractivity contribution >= 4 is 46.5 Å². The molecule has 0 saturated carbocycles. The number of amides is 2. The quantitative estimate of drug-likeness (QED) is 0.481. The van der Waals surface area contributed by atoms with Gasteiger partial charge in [-0.2, -0.15) is 0 Å². The lowest BCUT2D eigenvalue weighted by molar-refractivity contribution is -0.115. The SMILES string of the molecule is CCCn1c(CC)nc(NC(=O)Cc2ccc(N(CCCl)CCCl)cc2)c1C(N)=O. The Morgan fingerprint density at radius 2 is 1.77 bits per heavy atom. The fourth-order valence-corrected chi connectivity index (χ4v) is 3.74. The molecule has 0 aliphatic heterocycles. The minimum absolute atomic E-state index is 0.158. The molecule has 0 bridgehead atoms. The molecular formula is C21H29Cl2N5O2. The highest BCUT2D eigenvalue weighted by molar-refractivity contribution is 6.18. The van der Waals surface area contributed by atoms with Crippen LogP contribution in [-0.2, 0) is 24.2 Å². The second kappa shape index (κ2) is 11.8. The number of benzene rings is 1. The molecule has 3 N–H and O–H groups in total. The lowest BCUT2D eigenvalue weighted by Crippen LogP contribution is -2.27. The smallest absolute Gasteiger partial charge is 0.269 e. The van der Waals surface area contributed by atoms with Gasteiger partial charge in [0.2, 0.25) is 5.91 Å². The molecule has 0 radical (unpaired) electrons. The maximum atomic E-state index is 12.6. The van der Waals surface area contributed by atoms with Crippen molar-refractivity contribution in [3.8, 4) is 0 Å². The number of anilines is 2. The number of hydrogen-bond donors (Lipinski definition) is 2. The fraction of sp³-hybridized carbons (Fsp3) is 0.476. The van der Waals surface area contributed by atoms with E-state index in [9.17, 15) is 9.59 Å². The van der Waals surface area contributed by atoms with Crippen LogP contribution in [-0.4, -0.2) is 46.2 Å². The van der Waals surface area contributed by atoms with Gasteiger partial charge in [0, 0.05) is 43.5 Å². The van der Waals surface area contributed by atoms with Gasteiger partial charge in [-0.25, -0.2) is 4.98 Å². The van der Waals surface area contributed by atoms with Crippen LogP contribution in [0.15, 0.2) is 24.3 Å². The van der Waals surface area contributed by atoms with Crippen molar-refractivity contribution in [2.24, 2.45) is 5.73 Å². The van der Waals surface area contributed by atoms with Crippen molar-refractivity contribution in [3.63, 3.8) is 0 Å². The standard InChI is InChI=1S/C21H29Cl2N5O2/c1-3-11-28-17(4-2)25-21(19(28)20(24)30)26-18(29)14-15-5-7-16(8-6-15)27(12-9-22)13-10-23/h5-8H,3-4,9-14H2,1-2H3,(H2,24,30)(H,26,29). The number of nitrogens with zero attached hydrogens (tertiary/aromatic N) is 3. The van der Waals surface area contributed by atoms with Crippen LogP contribution in [0.2, 0.25) is 0 Å². The van der Waals surface area contributed by atoms with Crippen LogP contribution in [0, 0.1) is 0 Å². The normalized spacial score (nSPS) is 10.8. The molecule has 0 spiro atoms. The molecule has 1 aromatic heterocycles. The van der Waals surface area contributed by atoms with Crippen LogP contribution < -0.4 is 16.0 Å². The van der Waals surface area contributed by atoms with E-state index in [0.29, 0.717) is 37.8 Å². The lowest BCUT2D eigenvalue weighted by Gasteiger charge is -2.23. The van der Waals surface area contributed by atoms with Gasteiger partial charge in [-0.05, 0) is 24.1 Å². The van der Waals surface area contributed by atoms with Crippen LogP contribution in [0.3, 0.4) is 0 Å². The summed E-state index contributed by atoms with van der Waals surface area (Å²) in [4.78, 5) is 31.1. The minimum atomic E-state index is -0.603. The average molecular weight is 454 g/mol. The van der Waals surface area contributed by atoms with Crippen molar-refractivity contribution < 1.29 is 9.59 Å². The Kier molecular flexibility index (Phi) is 9.46. The van der Waals surface area contributed by atoms with E-state index in [0.717, 1.165) is 23.5 Å². The number of primary amides is 1. The number of rotatable bonds is 12. The van der Waals surface area contributed by atoms with Crippen molar-refractivity contribution in [1.82, 2.24) is 9.55 Å². The highest BCUT2D eigenvalue weighted by Crippen LogP contribution is 2.20. The van der Waals surface area contributed by atoms with Crippen molar-refractivity contribution in [3.05, 3.63) is 41.3 Å². The van der Waals surface area contributed by atoms with Crippen LogP contribution in [0.5, 0.6) is 0 Å². The Balaban J connectivity index is 2.13. The maximum absolute atomic E-state index is 12.6. The number of carbonyl (C=O) groups is 2. The summed E-state index contributed by atoms with van der Waals surface area (Å²) in [5.74, 6) is 1.11. The number of halogens is 2. The number of carbonyl (C=O) groups excluding carboxylic acids is 2. The summed E-state index contributed by atoms with van der Waals surface area (Å²) in [7, 11) is 0. The molecule has 0 fully saturated rings. The molecular weight excluding hydrogens is 425 g/mol. The van der Waals surface area contributed by atoms with E-state index in [1.54, 1.807) is 4.57 Å². The number of nitrogens with two attached hydrogens (primary N) is 1. The zero-order chi connectivity index (χ0) is 22.1. The number of alkyl halides is 2. The summed E-state index contributed by atoms with van der Waals surface area (Å²) in [5.41, 5.74) is 7.65. The molecule has 0 aliphatic rings. The summed E-state index contributed by atoms with van der Waals surface area (Å²) < 4.78 is 1.79. The van der Waals surface area contributed by atoms with Crippen LogP contribution in [0.1, 0.15) is 42.1 Å². The molecule has 1 heterocycles. The van der Waals surface area contributed by atoms with Gasteiger partial charge in [-0.3, -0.25) is 9.59 Å². The molecule has 2 amide bonds. The van der Waals surface area contributed by atoms with Crippen LogP contribution in [0.4, 0.5) is 11.5 Å². The molecule has 0 aliphatic carbocycles. The first-order valence-electron chi connectivity index (χ1n) is 10.1. The average Bonchev–Trinajstić information content (AvgIpc) is 3.05. The Morgan fingerprint density at radius 1 is 1.13 bits per heavy atom. The van der Waals surface area contributed by atoms with E-state index in [-0.39, 0.29) is 23.8 Å². The third kappa shape index (κ3) is 6.12. The summed E-state index contributed by atoms with van der Waals surface area (Å²) in [6.07, 6.45) is 1.62. The van der Waals surface area contributed by atoms with Gasteiger partial charge < -0.3 is 20.5 Å². The Labute approximate surface area is 187 Å². The molecule has 164 valence electrons. The summed E-state index contributed by atoms with van der Waals surface area (Å²) in [6, 6.07) is 7.68. The summed E-state index contributed by atoms with van der Waals surface area (Å²) >= 11 is 11.7. The second-order valence-electron chi connectivity index (χ2n) is 6.85. The zero-order valence-corrected chi connectivity index (χ0v) is 19.0. The van der Waals surface area contributed by atoms with Gasteiger partial charge in [0.05, 0.1) is 6.42 Å². The summed E-state index contributed by atoms with van der Waals surface area (Å²) in [6.45, 7) is 5.97. The highest BCUT2D eigenvalue weighted by Gasteiger charge is 2.21. The van der Waals surface area contributed by atoms with Gasteiger partial charge in [0.15, 0.2) is 11.5 Å². The first-order valence-corrected chi connectivity index (χ1v) is 11.2. The number of aryl methyl sites for hydroxylation is 1. The number of hydrogen-bond acceptors (Lipinski definition) is 4. The van der Waals surface area contributed by atoms with Crippen LogP contribution >= 0.6 is 23.2 Å². The first-order chi connectivity index (χ1) is 14.4. The van der Waals surface area contributed by atoms with Crippen molar-refractivity contribution in [2.45, 2.75) is 39.7 Å². The molecule has 1 aromatic carbocycles. The van der Waals surface area contributed by atoms with Gasteiger partial charge >= 0.3 is 0 Å². The molecule has 0 saturated heterocycles. The summed E-state index contributed by atoms with van der Waals surface area (Å²) in [5, 5.41) is 2.75. The van der Waals surface area contributed by atoms with E-state index < -0.39 is 5.91 Å². The maximum Gasteiger partial charge on any atom is 0.269 e. The molecule has 2 aromatic rings. The Hall–Kier alpha value is -2.25. The van der Waals surface area contributed by atoms with Crippen LogP contribution in [0.25, 0.3) is 0 Å². The third-order valence-corrected chi connectivity index (χ3v) is 5.01. The van der Waals surface area contributed by atoms with Crippen molar-refractivity contribution in [1.29, 1.82) is 0 Å². The third-order valence-electron chi connectivity index (χ3n) is 4.68. The van der Waals surface area contributed by atoms with E-state index in [2.05, 4.69) is 15.2 Å². The van der Waals surface area contributed by atoms with Gasteiger partial charge in [-0.15, -0.1) is 23.2 Å². The molecule has 30 heavy (non-hydrogen) atoms. The molecule has 0 atom stereocenters. The van der Waals surface area contributed by atoms with Gasteiger partial charge in [-0.1, -0.05) is 26.0 Å². The largest absolute Gasteiger partial charge is 0.369 e. The molecule has 7 nitrogen and oxygen atoms in total. The number of imidazole rings is 1. The minimum Gasteiger partial charge on any atom is -0.369 e. The van der Waals surface area contributed by atoms with E-state index in [1.165, 1.54) is 0 Å². The van der Waals surface area contributed by atoms with E-state index >= 15 is 0 Å². The molecule has 2 rings (SSSR count). The monoisotopic (exact) mass is 453 g/mol. The van der Waals surface area contributed by atoms with E-state index in [1.807, 2.05) is 38.1 Å². The van der Waals surface area contributed by atoms with Crippen molar-refractivity contribution in [2.75, 3.05) is 35.1 Å². The second-order valence-corrected chi connectivity index (χ2v) is 7.61. The Morgan fingerprint density at radius 3 is 2.27 bits per heavy atom. The topological polar surface area (TPSA) is 93.2 Å². The molecule has 9 heteroatoms. The number of nitrogens with one attached hydrogen (secondary N) is 1. The lowest BCUT2D eigenvalue weighted by atomic mass is 10.1. The molecule has 0 unspecified atom stereocenters. The fourth-order valence-electron chi connectivity index (χ4n) is 3.33. The first kappa shape index (κ1) is 24.0. The predicted molar refractivity (Wildman–Crippen MR) is 123 cm³/mol. The van der Waals surface area contributed by atoms with E-state index in [4.69, 9.17) is 28.9 Å². The number of aromatic nitrogens is 2. The Bertz CT molecular complexity index is 846. The highest BCUT2D eigenvalue weighted by atomic mass is 35.5. The van der Waals surface area contributed by atoms with Gasteiger partial charge in [0.25, 0.3) is 5.91 Å².